The van der Waals surface area contributed by atoms with Crippen molar-refractivity contribution in [1.82, 2.24) is 25.5 Å². The van der Waals surface area contributed by atoms with Crippen molar-refractivity contribution < 1.29 is 9.18 Å². The van der Waals surface area contributed by atoms with Gasteiger partial charge in [0, 0.05) is 17.1 Å². The molecule has 3 aromatic rings. The fourth-order valence-corrected chi connectivity index (χ4v) is 2.30. The molecule has 1 aromatic heterocycles. The van der Waals surface area contributed by atoms with Crippen LogP contribution in [0.2, 0.25) is 5.02 Å². The van der Waals surface area contributed by atoms with Gasteiger partial charge < -0.3 is 5.32 Å². The molecule has 25 heavy (non-hydrogen) atoms. The Bertz CT molecular complexity index is 881. The number of nitrogens with zero attached hydrogens (tertiary/aromatic N) is 4. The van der Waals surface area contributed by atoms with E-state index in [1.54, 1.807) is 31.2 Å². The molecule has 1 N–H and O–H groups in total. The van der Waals surface area contributed by atoms with Crippen LogP contribution in [0.25, 0.3) is 11.4 Å². The zero-order valence-corrected chi connectivity index (χ0v) is 14.1. The van der Waals surface area contributed by atoms with Gasteiger partial charge in [-0.25, -0.2) is 4.39 Å². The largest absolute Gasteiger partial charge is 0.350 e. The van der Waals surface area contributed by atoms with Crippen LogP contribution in [-0.2, 0) is 11.3 Å². The summed E-state index contributed by atoms with van der Waals surface area (Å²) in [7, 11) is 0. The number of aromatic nitrogens is 4. The molecule has 0 saturated carbocycles. The number of amides is 1. The standard InChI is InChI=1S/C17H15ClFN5O/c1-11(17(25)20-10-12-5-7-14(18)8-6-12)24-22-16(21-23-24)13-3-2-4-15(19)9-13/h2-9,11H,10H2,1H3,(H,20,25). The van der Waals surface area contributed by atoms with Crippen LogP contribution >= 0.6 is 11.6 Å². The van der Waals surface area contributed by atoms with Gasteiger partial charge in [0.15, 0.2) is 0 Å². The molecule has 0 fully saturated rings. The van der Waals surface area contributed by atoms with Crippen molar-refractivity contribution in [3.8, 4) is 11.4 Å². The topological polar surface area (TPSA) is 72.7 Å². The molecule has 0 aliphatic rings. The van der Waals surface area contributed by atoms with Crippen LogP contribution in [0.5, 0.6) is 0 Å². The molecule has 0 aliphatic carbocycles. The van der Waals surface area contributed by atoms with Crippen LogP contribution in [0.1, 0.15) is 18.5 Å². The summed E-state index contributed by atoms with van der Waals surface area (Å²) in [5, 5.41) is 15.4. The Hall–Kier alpha value is -2.80. The molecule has 2 aromatic carbocycles. The van der Waals surface area contributed by atoms with Crippen molar-refractivity contribution in [3.63, 3.8) is 0 Å². The maximum absolute atomic E-state index is 13.3. The van der Waals surface area contributed by atoms with Crippen LogP contribution in [0.3, 0.4) is 0 Å². The second kappa shape index (κ2) is 7.40. The highest BCUT2D eigenvalue weighted by atomic mass is 35.5. The Labute approximate surface area is 148 Å². The van der Waals surface area contributed by atoms with Crippen molar-refractivity contribution in [1.29, 1.82) is 0 Å². The molecule has 1 unspecified atom stereocenters. The van der Waals surface area contributed by atoms with E-state index in [4.69, 9.17) is 11.6 Å². The number of rotatable bonds is 5. The van der Waals surface area contributed by atoms with Crippen LogP contribution < -0.4 is 5.32 Å². The molecule has 0 radical (unpaired) electrons. The van der Waals surface area contributed by atoms with Crippen molar-refractivity contribution in [3.05, 3.63) is 64.9 Å². The molecule has 6 nitrogen and oxygen atoms in total. The maximum Gasteiger partial charge on any atom is 0.246 e. The van der Waals surface area contributed by atoms with E-state index in [1.165, 1.54) is 16.9 Å². The minimum atomic E-state index is -0.651. The highest BCUT2D eigenvalue weighted by Gasteiger charge is 2.18. The first-order valence-electron chi connectivity index (χ1n) is 7.60. The summed E-state index contributed by atoms with van der Waals surface area (Å²) < 4.78 is 13.3. The molecular formula is C17H15ClFN5O. The molecule has 0 bridgehead atoms. The minimum Gasteiger partial charge on any atom is -0.350 e. The summed E-state index contributed by atoms with van der Waals surface area (Å²) in [5.41, 5.74) is 1.43. The summed E-state index contributed by atoms with van der Waals surface area (Å²) in [6.45, 7) is 2.03. The van der Waals surface area contributed by atoms with Crippen LogP contribution in [0.15, 0.2) is 48.5 Å². The molecule has 3 rings (SSSR count). The van der Waals surface area contributed by atoms with Gasteiger partial charge in [0.1, 0.15) is 11.9 Å². The first kappa shape index (κ1) is 17.0. The predicted molar refractivity (Wildman–Crippen MR) is 91.2 cm³/mol. The van der Waals surface area contributed by atoms with E-state index in [2.05, 4.69) is 20.7 Å². The first-order chi connectivity index (χ1) is 12.0. The average Bonchev–Trinajstić information content (AvgIpc) is 3.10. The Morgan fingerprint density at radius 3 is 2.76 bits per heavy atom. The molecule has 0 aliphatic heterocycles. The first-order valence-corrected chi connectivity index (χ1v) is 7.98. The van der Waals surface area contributed by atoms with Gasteiger partial charge in [-0.1, -0.05) is 35.9 Å². The Balaban J connectivity index is 1.65. The quantitative estimate of drug-likeness (QED) is 0.760. The lowest BCUT2D eigenvalue weighted by atomic mass is 10.2. The van der Waals surface area contributed by atoms with Crippen LogP contribution in [0.4, 0.5) is 4.39 Å². The smallest absolute Gasteiger partial charge is 0.246 e. The number of carbonyl (C=O) groups excluding carboxylic acids is 1. The lowest BCUT2D eigenvalue weighted by Gasteiger charge is -2.10. The second-order valence-electron chi connectivity index (χ2n) is 5.46. The Kier molecular flexibility index (Phi) is 5.04. The summed E-state index contributed by atoms with van der Waals surface area (Å²) >= 11 is 5.83. The summed E-state index contributed by atoms with van der Waals surface area (Å²) in [6.07, 6.45) is 0. The fourth-order valence-electron chi connectivity index (χ4n) is 2.18. The molecule has 0 spiro atoms. The number of nitrogens with one attached hydrogen (secondary N) is 1. The summed E-state index contributed by atoms with van der Waals surface area (Å²) in [5.74, 6) is -0.377. The van der Waals surface area contributed by atoms with Gasteiger partial charge in [-0.3, -0.25) is 4.79 Å². The lowest BCUT2D eigenvalue weighted by molar-refractivity contribution is -0.124. The third kappa shape index (κ3) is 4.19. The number of halogens is 2. The third-order valence-electron chi connectivity index (χ3n) is 3.62. The van der Waals surface area contributed by atoms with Crippen molar-refractivity contribution in [2.24, 2.45) is 0 Å². The third-order valence-corrected chi connectivity index (χ3v) is 3.87. The van der Waals surface area contributed by atoms with Crippen LogP contribution in [0, 0.1) is 5.82 Å². The Morgan fingerprint density at radius 1 is 1.28 bits per heavy atom. The molecule has 128 valence electrons. The lowest BCUT2D eigenvalue weighted by Crippen LogP contribution is -2.31. The van der Waals surface area contributed by atoms with Crippen LogP contribution in [-0.4, -0.2) is 26.1 Å². The van der Waals surface area contributed by atoms with Gasteiger partial charge in [0.2, 0.25) is 11.7 Å². The molecule has 1 atom stereocenters. The number of hydrogen-bond donors (Lipinski definition) is 1. The minimum absolute atomic E-state index is 0.252. The molecule has 1 amide bonds. The number of tetrazole rings is 1. The number of hydrogen-bond acceptors (Lipinski definition) is 4. The van der Waals surface area contributed by atoms with Gasteiger partial charge in [0.25, 0.3) is 0 Å². The number of benzene rings is 2. The van der Waals surface area contributed by atoms with E-state index in [0.717, 1.165) is 5.56 Å². The number of carbonyl (C=O) groups is 1. The van der Waals surface area contributed by atoms with Gasteiger partial charge in [-0.15, -0.1) is 10.2 Å². The highest BCUT2D eigenvalue weighted by Crippen LogP contribution is 2.15. The molecule has 0 saturated heterocycles. The van der Waals surface area contributed by atoms with E-state index in [0.29, 0.717) is 17.1 Å². The summed E-state index contributed by atoms with van der Waals surface area (Å²) in [4.78, 5) is 13.5. The predicted octanol–water partition coefficient (Wildman–Crippen LogP) is 3.01. The van der Waals surface area contributed by atoms with Gasteiger partial charge in [-0.2, -0.15) is 4.80 Å². The zero-order valence-electron chi connectivity index (χ0n) is 13.4. The van der Waals surface area contributed by atoms with E-state index in [-0.39, 0.29) is 17.5 Å². The van der Waals surface area contributed by atoms with Gasteiger partial charge in [0.05, 0.1) is 0 Å². The summed E-state index contributed by atoms with van der Waals surface area (Å²) in [6, 6.07) is 12.4. The highest BCUT2D eigenvalue weighted by molar-refractivity contribution is 6.30. The van der Waals surface area contributed by atoms with Gasteiger partial charge >= 0.3 is 0 Å². The Morgan fingerprint density at radius 2 is 2.04 bits per heavy atom. The monoisotopic (exact) mass is 359 g/mol. The normalized spacial score (nSPS) is 12.0. The van der Waals surface area contributed by atoms with Crippen molar-refractivity contribution in [2.75, 3.05) is 0 Å². The molecule has 8 heteroatoms. The molecule has 1 heterocycles. The molecular weight excluding hydrogens is 345 g/mol. The van der Waals surface area contributed by atoms with Gasteiger partial charge in [-0.05, 0) is 42.0 Å². The zero-order chi connectivity index (χ0) is 17.8. The fraction of sp³-hybridized carbons (Fsp3) is 0.176. The maximum atomic E-state index is 13.3. The average molecular weight is 360 g/mol. The van der Waals surface area contributed by atoms with Crippen molar-refractivity contribution >= 4 is 17.5 Å². The van der Waals surface area contributed by atoms with E-state index >= 15 is 0 Å². The SMILES string of the molecule is CC(C(=O)NCc1ccc(Cl)cc1)n1nnc(-c2cccc(F)c2)n1. The van der Waals surface area contributed by atoms with E-state index < -0.39 is 6.04 Å². The van der Waals surface area contributed by atoms with E-state index in [9.17, 15) is 9.18 Å². The van der Waals surface area contributed by atoms with Crippen molar-refractivity contribution in [2.45, 2.75) is 19.5 Å². The van der Waals surface area contributed by atoms with E-state index in [1.807, 2.05) is 12.1 Å². The second-order valence-corrected chi connectivity index (χ2v) is 5.90.